The minimum absolute atomic E-state index is 0.164. The first kappa shape index (κ1) is 13.4. The molecule has 98 valence electrons. The summed E-state index contributed by atoms with van der Waals surface area (Å²) >= 11 is 5.87. The van der Waals surface area contributed by atoms with Crippen molar-refractivity contribution in [1.29, 1.82) is 0 Å². The third-order valence-electron chi connectivity index (χ3n) is 3.68. The molecule has 0 radical (unpaired) electrons. The number of halogens is 1. The van der Waals surface area contributed by atoms with Gasteiger partial charge in [-0.25, -0.2) is 0 Å². The van der Waals surface area contributed by atoms with Crippen LogP contribution in [0.5, 0.6) is 0 Å². The van der Waals surface area contributed by atoms with Crippen molar-refractivity contribution in [3.63, 3.8) is 0 Å². The second-order valence-corrected chi connectivity index (χ2v) is 5.64. The molecule has 0 saturated carbocycles. The number of hydrogen-bond donors (Lipinski definition) is 0. The van der Waals surface area contributed by atoms with Gasteiger partial charge in [-0.1, -0.05) is 17.7 Å². The number of nitrogens with zero attached hydrogens (tertiary/aromatic N) is 1. The minimum atomic E-state index is 0.164. The van der Waals surface area contributed by atoms with Crippen LogP contribution in [0.15, 0.2) is 12.1 Å². The summed E-state index contributed by atoms with van der Waals surface area (Å²) in [5, 5.41) is 0. The third kappa shape index (κ3) is 2.54. The molecule has 0 aromatic heterocycles. The van der Waals surface area contributed by atoms with E-state index >= 15 is 0 Å². The van der Waals surface area contributed by atoms with E-state index in [4.69, 9.17) is 11.6 Å². The predicted molar refractivity (Wildman–Crippen MR) is 75.4 cm³/mol. The van der Waals surface area contributed by atoms with Gasteiger partial charge in [0.25, 0.3) is 5.91 Å². The summed E-state index contributed by atoms with van der Waals surface area (Å²) in [7, 11) is 0. The Kier molecular flexibility index (Phi) is 3.96. The maximum atomic E-state index is 12.5. The van der Waals surface area contributed by atoms with Crippen LogP contribution in [0.25, 0.3) is 0 Å². The van der Waals surface area contributed by atoms with Crippen molar-refractivity contribution < 1.29 is 4.79 Å². The molecule has 2 nitrogen and oxygen atoms in total. The van der Waals surface area contributed by atoms with E-state index in [0.717, 1.165) is 36.2 Å². The molecule has 1 heterocycles. The van der Waals surface area contributed by atoms with E-state index in [0.29, 0.717) is 11.8 Å². The average molecular weight is 266 g/mol. The lowest BCUT2D eigenvalue weighted by atomic mass is 9.99. The topological polar surface area (TPSA) is 20.3 Å². The molecule has 3 heteroatoms. The van der Waals surface area contributed by atoms with E-state index in [1.165, 1.54) is 5.56 Å². The van der Waals surface area contributed by atoms with Crippen molar-refractivity contribution >= 4 is 17.5 Å². The lowest BCUT2D eigenvalue weighted by Gasteiger charge is -2.19. The van der Waals surface area contributed by atoms with E-state index in [9.17, 15) is 4.79 Å². The van der Waals surface area contributed by atoms with Gasteiger partial charge < -0.3 is 4.90 Å². The van der Waals surface area contributed by atoms with E-state index in [-0.39, 0.29) is 5.91 Å². The second-order valence-electron chi connectivity index (χ2n) is 5.33. The van der Waals surface area contributed by atoms with Crippen molar-refractivity contribution in [1.82, 2.24) is 4.90 Å². The molecule has 18 heavy (non-hydrogen) atoms. The highest BCUT2D eigenvalue weighted by Gasteiger charge is 2.27. The molecule has 1 aliphatic rings. The van der Waals surface area contributed by atoms with Crippen LogP contribution in [-0.2, 0) is 0 Å². The van der Waals surface area contributed by atoms with E-state index in [2.05, 4.69) is 19.1 Å². The third-order valence-corrected chi connectivity index (χ3v) is 4.12. The van der Waals surface area contributed by atoms with Gasteiger partial charge in [0.15, 0.2) is 0 Å². The summed E-state index contributed by atoms with van der Waals surface area (Å²) in [6.45, 7) is 7.73. The molecule has 0 bridgehead atoms. The number of alkyl halides is 1. The SMILES string of the molecule is Cc1cc(C)c(C(=O)N2CCC(CCl)C2)c(C)c1. The van der Waals surface area contributed by atoms with Gasteiger partial charge in [-0.2, -0.15) is 0 Å². The van der Waals surface area contributed by atoms with Crippen LogP contribution in [0.3, 0.4) is 0 Å². The zero-order valence-corrected chi connectivity index (χ0v) is 12.0. The highest BCUT2D eigenvalue weighted by atomic mass is 35.5. The van der Waals surface area contributed by atoms with Gasteiger partial charge in [-0.05, 0) is 44.2 Å². The van der Waals surface area contributed by atoms with Gasteiger partial charge in [0, 0.05) is 24.5 Å². The Morgan fingerprint density at radius 3 is 2.44 bits per heavy atom. The van der Waals surface area contributed by atoms with E-state index in [1.54, 1.807) is 0 Å². The average Bonchev–Trinajstić information content (AvgIpc) is 2.75. The predicted octanol–water partition coefficient (Wildman–Crippen LogP) is 3.31. The van der Waals surface area contributed by atoms with Crippen LogP contribution in [0.2, 0.25) is 0 Å². The Morgan fingerprint density at radius 2 is 1.94 bits per heavy atom. The van der Waals surface area contributed by atoms with Crippen LogP contribution < -0.4 is 0 Å². The fourth-order valence-electron chi connectivity index (χ4n) is 2.82. The van der Waals surface area contributed by atoms with Crippen molar-refractivity contribution in [2.45, 2.75) is 27.2 Å². The number of aryl methyl sites for hydroxylation is 3. The summed E-state index contributed by atoms with van der Waals surface area (Å²) in [5.41, 5.74) is 4.23. The number of carbonyl (C=O) groups excluding carboxylic acids is 1. The van der Waals surface area contributed by atoms with Crippen LogP contribution in [0.4, 0.5) is 0 Å². The Labute approximate surface area is 114 Å². The second kappa shape index (κ2) is 5.31. The van der Waals surface area contributed by atoms with Crippen molar-refractivity contribution in [3.05, 3.63) is 34.4 Å². The number of carbonyl (C=O) groups is 1. The molecule has 1 unspecified atom stereocenters. The first-order valence-corrected chi connectivity index (χ1v) is 6.99. The molecular weight excluding hydrogens is 246 g/mol. The standard InChI is InChI=1S/C15H20ClNO/c1-10-6-11(2)14(12(3)7-10)15(18)17-5-4-13(8-16)9-17/h6-7,13H,4-5,8-9H2,1-3H3. The molecule has 1 aliphatic heterocycles. The van der Waals surface area contributed by atoms with Crippen LogP contribution >= 0.6 is 11.6 Å². The highest BCUT2D eigenvalue weighted by Crippen LogP contribution is 2.23. The summed E-state index contributed by atoms with van der Waals surface area (Å²) in [6, 6.07) is 4.16. The summed E-state index contributed by atoms with van der Waals surface area (Å²) in [6.07, 6.45) is 1.03. The molecule has 1 amide bonds. The quantitative estimate of drug-likeness (QED) is 0.752. The van der Waals surface area contributed by atoms with E-state index in [1.807, 2.05) is 18.7 Å². The maximum absolute atomic E-state index is 12.5. The van der Waals surface area contributed by atoms with Gasteiger partial charge >= 0.3 is 0 Å². The fraction of sp³-hybridized carbons (Fsp3) is 0.533. The van der Waals surface area contributed by atoms with Crippen molar-refractivity contribution in [3.8, 4) is 0 Å². The smallest absolute Gasteiger partial charge is 0.254 e. The first-order valence-electron chi connectivity index (χ1n) is 6.46. The molecule has 0 spiro atoms. The number of hydrogen-bond acceptors (Lipinski definition) is 1. The largest absolute Gasteiger partial charge is 0.338 e. The molecule has 1 aromatic rings. The van der Waals surface area contributed by atoms with Gasteiger partial charge in [0.05, 0.1) is 0 Å². The number of benzene rings is 1. The molecule has 2 rings (SSSR count). The Balaban J connectivity index is 2.25. The monoisotopic (exact) mass is 265 g/mol. The fourth-order valence-corrected chi connectivity index (χ4v) is 3.07. The zero-order valence-electron chi connectivity index (χ0n) is 11.3. The summed E-state index contributed by atoms with van der Waals surface area (Å²) in [4.78, 5) is 14.5. The Bertz CT molecular complexity index is 447. The summed E-state index contributed by atoms with van der Waals surface area (Å²) < 4.78 is 0. The highest BCUT2D eigenvalue weighted by molar-refractivity contribution is 6.18. The molecule has 1 aromatic carbocycles. The van der Waals surface area contributed by atoms with Gasteiger partial charge in [-0.15, -0.1) is 11.6 Å². The summed E-state index contributed by atoms with van der Waals surface area (Å²) in [5.74, 6) is 1.27. The Morgan fingerprint density at radius 1 is 1.33 bits per heavy atom. The molecule has 1 fully saturated rings. The Hall–Kier alpha value is -1.02. The van der Waals surface area contributed by atoms with Crippen LogP contribution in [0.1, 0.15) is 33.5 Å². The van der Waals surface area contributed by atoms with Gasteiger partial charge in [0.2, 0.25) is 0 Å². The zero-order chi connectivity index (χ0) is 13.3. The lowest BCUT2D eigenvalue weighted by molar-refractivity contribution is 0.0787. The lowest BCUT2D eigenvalue weighted by Crippen LogP contribution is -2.30. The number of amides is 1. The number of likely N-dealkylation sites (tertiary alicyclic amines) is 1. The molecular formula is C15H20ClNO. The normalized spacial score (nSPS) is 19.3. The minimum Gasteiger partial charge on any atom is -0.338 e. The molecule has 1 atom stereocenters. The van der Waals surface area contributed by atoms with Gasteiger partial charge in [-0.3, -0.25) is 4.79 Å². The number of rotatable bonds is 2. The molecule has 1 saturated heterocycles. The maximum Gasteiger partial charge on any atom is 0.254 e. The first-order chi connectivity index (χ1) is 8.52. The van der Waals surface area contributed by atoms with Crippen LogP contribution in [-0.4, -0.2) is 29.8 Å². The van der Waals surface area contributed by atoms with Gasteiger partial charge in [0.1, 0.15) is 0 Å². The van der Waals surface area contributed by atoms with E-state index < -0.39 is 0 Å². The van der Waals surface area contributed by atoms with Crippen molar-refractivity contribution in [2.75, 3.05) is 19.0 Å². The molecule has 0 aliphatic carbocycles. The van der Waals surface area contributed by atoms with Crippen LogP contribution in [0, 0.1) is 26.7 Å². The van der Waals surface area contributed by atoms with Crippen molar-refractivity contribution in [2.24, 2.45) is 5.92 Å². The molecule has 0 N–H and O–H groups in total.